The van der Waals surface area contributed by atoms with Gasteiger partial charge in [0.2, 0.25) is 0 Å². The second-order valence-corrected chi connectivity index (χ2v) is 6.98. The van der Waals surface area contributed by atoms with Crippen LogP contribution in [0.15, 0.2) is 72.9 Å². The molecule has 4 aromatic rings. The number of amides is 1. The van der Waals surface area contributed by atoms with Gasteiger partial charge in [0.25, 0.3) is 5.91 Å². The monoisotopic (exact) mass is 443 g/mol. The largest absolute Gasteiger partial charge is 0.497 e. The van der Waals surface area contributed by atoms with E-state index in [-0.39, 0.29) is 0 Å². The molecule has 2 heterocycles. The molecule has 0 fully saturated rings. The Bertz CT molecular complexity index is 1310. The van der Waals surface area contributed by atoms with Gasteiger partial charge in [0.1, 0.15) is 11.5 Å². The Morgan fingerprint density at radius 3 is 2.48 bits per heavy atom. The molecule has 0 radical (unpaired) electrons. The summed E-state index contributed by atoms with van der Waals surface area (Å²) in [6.07, 6.45) is 1.65. The number of hydrogen-bond donors (Lipinski definition) is 1. The van der Waals surface area contributed by atoms with Gasteiger partial charge in [0.15, 0.2) is 6.61 Å². The van der Waals surface area contributed by atoms with Gasteiger partial charge < -0.3 is 19.5 Å². The van der Waals surface area contributed by atoms with Gasteiger partial charge in [-0.2, -0.15) is 0 Å². The molecule has 2 aromatic carbocycles. The summed E-state index contributed by atoms with van der Waals surface area (Å²) in [7, 11) is 3.01. The van der Waals surface area contributed by atoms with Crippen molar-refractivity contribution in [1.29, 1.82) is 0 Å². The van der Waals surface area contributed by atoms with E-state index in [2.05, 4.69) is 15.3 Å². The molecule has 1 amide bonds. The third-order valence-electron chi connectivity index (χ3n) is 4.88. The highest BCUT2D eigenvalue weighted by molar-refractivity contribution is 6.05. The lowest BCUT2D eigenvalue weighted by Gasteiger charge is -2.12. The van der Waals surface area contributed by atoms with Gasteiger partial charge in [-0.1, -0.05) is 24.3 Å². The predicted octanol–water partition coefficient (Wildman–Crippen LogP) is 4.11. The van der Waals surface area contributed by atoms with E-state index in [1.54, 1.807) is 54.7 Å². The number of aromatic nitrogens is 2. The molecule has 8 nitrogen and oxygen atoms in total. The van der Waals surface area contributed by atoms with E-state index in [1.165, 1.54) is 14.2 Å². The minimum atomic E-state index is -0.640. The second kappa shape index (κ2) is 9.78. The fourth-order valence-corrected chi connectivity index (χ4v) is 3.30. The predicted molar refractivity (Wildman–Crippen MR) is 123 cm³/mol. The lowest BCUT2D eigenvalue weighted by atomic mass is 10.1. The minimum absolute atomic E-state index is 0.299. The summed E-state index contributed by atoms with van der Waals surface area (Å²) >= 11 is 0. The molecule has 4 rings (SSSR count). The van der Waals surface area contributed by atoms with Gasteiger partial charge in [0, 0.05) is 17.6 Å². The third-order valence-corrected chi connectivity index (χ3v) is 4.88. The van der Waals surface area contributed by atoms with E-state index in [4.69, 9.17) is 14.2 Å². The first-order valence-corrected chi connectivity index (χ1v) is 10.1. The molecule has 0 saturated carbocycles. The first-order valence-electron chi connectivity index (χ1n) is 10.1. The molecule has 1 N–H and O–H groups in total. The number of anilines is 1. The average Bonchev–Trinajstić information content (AvgIpc) is 2.87. The quantitative estimate of drug-likeness (QED) is 0.429. The summed E-state index contributed by atoms with van der Waals surface area (Å²) in [4.78, 5) is 34.3. The molecule has 2 aromatic heterocycles. The normalized spacial score (nSPS) is 10.5. The van der Waals surface area contributed by atoms with Gasteiger partial charge in [-0.3, -0.25) is 9.78 Å². The summed E-state index contributed by atoms with van der Waals surface area (Å²) in [6.45, 7) is -0.477. The number of nitrogens with zero attached hydrogens (tertiary/aromatic N) is 2. The van der Waals surface area contributed by atoms with Crippen molar-refractivity contribution in [3.8, 4) is 22.9 Å². The number of carbonyl (C=O) groups is 2. The molecular formula is C25H21N3O5. The van der Waals surface area contributed by atoms with Gasteiger partial charge in [-0.05, 0) is 36.4 Å². The van der Waals surface area contributed by atoms with Crippen molar-refractivity contribution in [3.05, 3.63) is 78.5 Å². The van der Waals surface area contributed by atoms with E-state index in [1.807, 2.05) is 18.2 Å². The van der Waals surface area contributed by atoms with Crippen molar-refractivity contribution in [1.82, 2.24) is 9.97 Å². The molecule has 0 saturated heterocycles. The molecule has 0 spiro atoms. The molecule has 0 unspecified atom stereocenters. The fourth-order valence-electron chi connectivity index (χ4n) is 3.30. The Balaban J connectivity index is 1.54. The van der Waals surface area contributed by atoms with Crippen molar-refractivity contribution >= 4 is 28.5 Å². The van der Waals surface area contributed by atoms with Crippen LogP contribution in [0.25, 0.3) is 22.3 Å². The topological polar surface area (TPSA) is 99.6 Å². The van der Waals surface area contributed by atoms with Crippen LogP contribution in [0.4, 0.5) is 5.69 Å². The van der Waals surface area contributed by atoms with Gasteiger partial charge >= 0.3 is 5.97 Å². The highest BCUT2D eigenvalue weighted by Gasteiger charge is 2.17. The molecular weight excluding hydrogens is 422 g/mol. The zero-order chi connectivity index (χ0) is 23.2. The summed E-state index contributed by atoms with van der Waals surface area (Å²) in [6, 6.07) is 19.3. The van der Waals surface area contributed by atoms with Crippen molar-refractivity contribution < 1.29 is 23.8 Å². The number of benzene rings is 2. The molecule has 8 heteroatoms. The number of rotatable bonds is 7. The maximum atomic E-state index is 12.9. The van der Waals surface area contributed by atoms with Crippen LogP contribution in [0.1, 0.15) is 10.4 Å². The zero-order valence-corrected chi connectivity index (χ0v) is 18.1. The Morgan fingerprint density at radius 2 is 1.73 bits per heavy atom. The van der Waals surface area contributed by atoms with Crippen molar-refractivity contribution in [2.24, 2.45) is 0 Å². The number of pyridine rings is 2. The van der Waals surface area contributed by atoms with Gasteiger partial charge in [-0.15, -0.1) is 0 Å². The second-order valence-electron chi connectivity index (χ2n) is 6.98. The molecule has 0 aliphatic heterocycles. The highest BCUT2D eigenvalue weighted by atomic mass is 16.5. The standard InChI is InChI=1S/C25H21N3O5/c1-31-16-10-11-23(32-2)22(13-16)28-24(29)15-33-25(30)18-14-21(20-9-5-6-12-26-20)27-19-8-4-3-7-17(18)19/h3-14H,15H2,1-2H3,(H,28,29). The first kappa shape index (κ1) is 21.8. The maximum Gasteiger partial charge on any atom is 0.339 e. The number of carbonyl (C=O) groups excluding carboxylic acids is 2. The van der Waals surface area contributed by atoms with Crippen molar-refractivity contribution in [2.75, 3.05) is 26.1 Å². The lowest BCUT2D eigenvalue weighted by molar-refractivity contribution is -0.119. The maximum absolute atomic E-state index is 12.9. The molecule has 166 valence electrons. The first-order chi connectivity index (χ1) is 16.1. The van der Waals surface area contributed by atoms with Crippen LogP contribution in [-0.2, 0) is 9.53 Å². The lowest BCUT2D eigenvalue weighted by Crippen LogP contribution is -2.21. The zero-order valence-electron chi connectivity index (χ0n) is 18.1. The fraction of sp³-hybridized carbons (Fsp3) is 0.120. The van der Waals surface area contributed by atoms with Gasteiger partial charge in [-0.25, -0.2) is 9.78 Å². The number of nitrogens with one attached hydrogen (secondary N) is 1. The molecule has 0 bridgehead atoms. The molecule has 0 atom stereocenters. The Morgan fingerprint density at radius 1 is 0.909 bits per heavy atom. The van der Waals surface area contributed by atoms with Gasteiger partial charge in [0.05, 0.1) is 42.4 Å². The van der Waals surface area contributed by atoms with Crippen LogP contribution in [-0.4, -0.2) is 42.7 Å². The van der Waals surface area contributed by atoms with E-state index < -0.39 is 18.5 Å². The number of ether oxygens (including phenoxy) is 3. The summed E-state index contributed by atoms with van der Waals surface area (Å²) in [5.74, 6) is -0.152. The van der Waals surface area contributed by atoms with Crippen LogP contribution in [0, 0.1) is 0 Å². The molecule has 0 aliphatic rings. The van der Waals surface area contributed by atoms with Crippen LogP contribution < -0.4 is 14.8 Å². The van der Waals surface area contributed by atoms with Crippen molar-refractivity contribution in [2.45, 2.75) is 0 Å². The number of hydrogen-bond acceptors (Lipinski definition) is 7. The van der Waals surface area contributed by atoms with Crippen molar-refractivity contribution in [3.63, 3.8) is 0 Å². The van der Waals surface area contributed by atoms with E-state index in [0.29, 0.717) is 45.0 Å². The van der Waals surface area contributed by atoms with E-state index >= 15 is 0 Å². The Kier molecular flexibility index (Phi) is 6.45. The Hall–Kier alpha value is -4.46. The van der Waals surface area contributed by atoms with Crippen LogP contribution in [0.2, 0.25) is 0 Å². The smallest absolute Gasteiger partial charge is 0.339 e. The van der Waals surface area contributed by atoms with Crippen LogP contribution >= 0.6 is 0 Å². The molecule has 0 aliphatic carbocycles. The SMILES string of the molecule is COc1ccc(OC)c(NC(=O)COC(=O)c2cc(-c3ccccn3)nc3ccccc23)c1. The highest BCUT2D eigenvalue weighted by Crippen LogP contribution is 2.29. The number of para-hydroxylation sites is 1. The summed E-state index contributed by atoms with van der Waals surface area (Å²) in [5, 5.41) is 3.30. The third kappa shape index (κ3) is 4.90. The number of methoxy groups -OCH3 is 2. The van der Waals surface area contributed by atoms with E-state index in [0.717, 1.165) is 0 Å². The van der Waals surface area contributed by atoms with Crippen LogP contribution in [0.5, 0.6) is 11.5 Å². The minimum Gasteiger partial charge on any atom is -0.497 e. The summed E-state index contributed by atoms with van der Waals surface area (Å²) in [5.41, 5.74) is 2.49. The molecule has 33 heavy (non-hydrogen) atoms. The van der Waals surface area contributed by atoms with Crippen LogP contribution in [0.3, 0.4) is 0 Å². The summed E-state index contributed by atoms with van der Waals surface area (Å²) < 4.78 is 15.8. The number of fused-ring (bicyclic) bond motifs is 1. The Labute approximate surface area is 190 Å². The average molecular weight is 443 g/mol. The van der Waals surface area contributed by atoms with E-state index in [9.17, 15) is 9.59 Å². The number of esters is 1.